The molecule has 0 aromatic carbocycles. The molecule has 1 saturated heterocycles. The highest BCUT2D eigenvalue weighted by atomic mass is 16.5. The maximum Gasteiger partial charge on any atom is 0.243 e. The lowest BCUT2D eigenvalue weighted by molar-refractivity contribution is -0.143. The van der Waals surface area contributed by atoms with Crippen LogP contribution in [0.15, 0.2) is 24.5 Å². The molecule has 0 saturated carbocycles. The van der Waals surface area contributed by atoms with Crippen molar-refractivity contribution in [1.82, 2.24) is 9.88 Å². The number of hydrogen-bond donors (Lipinski definition) is 1. The van der Waals surface area contributed by atoms with Crippen LogP contribution in [0, 0.1) is 0 Å². The fraction of sp³-hybridized carbons (Fsp3) is 0.600. The highest BCUT2D eigenvalue weighted by molar-refractivity contribution is 5.86. The standard InChI is InChI=1S/C15H23N3O2/c1-12(2)18(11-13-4-3-7-17-10-13)14(19)15(16)5-8-20-9-6-15/h3-4,7,10,12H,5-6,8-9,11,16H2,1-2H3. The number of aromatic nitrogens is 1. The minimum Gasteiger partial charge on any atom is -0.381 e. The van der Waals surface area contributed by atoms with Gasteiger partial charge in [0.2, 0.25) is 5.91 Å². The summed E-state index contributed by atoms with van der Waals surface area (Å²) in [6, 6.07) is 3.96. The molecule has 1 aromatic heterocycles. The Morgan fingerprint density at radius 1 is 1.50 bits per heavy atom. The monoisotopic (exact) mass is 277 g/mol. The predicted octanol–water partition coefficient (Wildman–Crippen LogP) is 1.33. The molecule has 5 nitrogen and oxygen atoms in total. The van der Waals surface area contributed by atoms with E-state index in [-0.39, 0.29) is 11.9 Å². The zero-order valence-electron chi connectivity index (χ0n) is 12.2. The fourth-order valence-electron chi connectivity index (χ4n) is 2.41. The van der Waals surface area contributed by atoms with Crippen molar-refractivity contribution in [2.24, 2.45) is 5.73 Å². The Labute approximate surface area is 120 Å². The van der Waals surface area contributed by atoms with Crippen molar-refractivity contribution in [2.75, 3.05) is 13.2 Å². The summed E-state index contributed by atoms with van der Waals surface area (Å²) >= 11 is 0. The Bertz CT molecular complexity index is 442. The molecule has 0 aliphatic carbocycles. The third-order valence-electron chi connectivity index (χ3n) is 3.77. The van der Waals surface area contributed by atoms with Crippen LogP contribution in [0.25, 0.3) is 0 Å². The van der Waals surface area contributed by atoms with Gasteiger partial charge in [-0.3, -0.25) is 9.78 Å². The molecule has 1 aliphatic heterocycles. The summed E-state index contributed by atoms with van der Waals surface area (Å²) in [6.45, 7) is 5.68. The summed E-state index contributed by atoms with van der Waals surface area (Å²) < 4.78 is 5.31. The highest BCUT2D eigenvalue weighted by Crippen LogP contribution is 2.22. The van der Waals surface area contributed by atoms with Crippen LogP contribution in [-0.2, 0) is 16.1 Å². The first kappa shape index (κ1) is 14.9. The average Bonchev–Trinajstić information content (AvgIpc) is 2.45. The van der Waals surface area contributed by atoms with E-state index < -0.39 is 5.54 Å². The van der Waals surface area contributed by atoms with Crippen molar-refractivity contribution in [3.63, 3.8) is 0 Å². The molecule has 2 rings (SSSR count). The summed E-state index contributed by atoms with van der Waals surface area (Å²) in [4.78, 5) is 18.7. The number of nitrogens with zero attached hydrogens (tertiary/aromatic N) is 2. The molecule has 0 unspecified atom stereocenters. The third kappa shape index (κ3) is 3.35. The van der Waals surface area contributed by atoms with Crippen LogP contribution in [-0.4, -0.2) is 40.6 Å². The van der Waals surface area contributed by atoms with Gasteiger partial charge in [-0.05, 0) is 38.3 Å². The lowest BCUT2D eigenvalue weighted by atomic mass is 9.89. The van der Waals surface area contributed by atoms with E-state index in [1.807, 2.05) is 30.9 Å². The zero-order valence-corrected chi connectivity index (χ0v) is 12.2. The SMILES string of the molecule is CC(C)N(Cc1cccnc1)C(=O)C1(N)CCOCC1. The molecule has 1 fully saturated rings. The maximum atomic E-state index is 12.8. The number of pyridine rings is 1. The van der Waals surface area contributed by atoms with Gasteiger partial charge in [0, 0.05) is 38.2 Å². The van der Waals surface area contributed by atoms with Crippen molar-refractivity contribution >= 4 is 5.91 Å². The van der Waals surface area contributed by atoms with Crippen molar-refractivity contribution in [1.29, 1.82) is 0 Å². The normalized spacial score (nSPS) is 18.0. The smallest absolute Gasteiger partial charge is 0.243 e. The van der Waals surface area contributed by atoms with E-state index in [1.165, 1.54) is 0 Å². The molecule has 1 aliphatic rings. The van der Waals surface area contributed by atoms with Gasteiger partial charge in [0.15, 0.2) is 0 Å². The van der Waals surface area contributed by atoms with Crippen molar-refractivity contribution in [3.8, 4) is 0 Å². The van der Waals surface area contributed by atoms with Gasteiger partial charge in [0.25, 0.3) is 0 Å². The van der Waals surface area contributed by atoms with Crippen LogP contribution >= 0.6 is 0 Å². The molecule has 0 atom stereocenters. The first-order valence-corrected chi connectivity index (χ1v) is 7.09. The number of hydrogen-bond acceptors (Lipinski definition) is 4. The number of carbonyl (C=O) groups is 1. The second-order valence-corrected chi connectivity index (χ2v) is 5.66. The number of carbonyl (C=O) groups excluding carboxylic acids is 1. The van der Waals surface area contributed by atoms with E-state index in [2.05, 4.69) is 4.98 Å². The van der Waals surface area contributed by atoms with Crippen molar-refractivity contribution < 1.29 is 9.53 Å². The molecule has 0 radical (unpaired) electrons. The van der Waals surface area contributed by atoms with Gasteiger partial charge < -0.3 is 15.4 Å². The molecule has 1 amide bonds. The van der Waals surface area contributed by atoms with Crippen molar-refractivity contribution in [3.05, 3.63) is 30.1 Å². The lowest BCUT2D eigenvalue weighted by Gasteiger charge is -2.38. The minimum absolute atomic E-state index is 0.0136. The van der Waals surface area contributed by atoms with Crippen LogP contribution < -0.4 is 5.73 Å². The van der Waals surface area contributed by atoms with Crippen LogP contribution in [0.3, 0.4) is 0 Å². The van der Waals surface area contributed by atoms with E-state index in [1.54, 1.807) is 12.4 Å². The van der Waals surface area contributed by atoms with E-state index >= 15 is 0 Å². The number of rotatable bonds is 4. The van der Waals surface area contributed by atoms with E-state index in [9.17, 15) is 4.79 Å². The summed E-state index contributed by atoms with van der Waals surface area (Å²) in [5, 5.41) is 0. The van der Waals surface area contributed by atoms with Gasteiger partial charge in [-0.15, -0.1) is 0 Å². The molecule has 2 N–H and O–H groups in total. The maximum absolute atomic E-state index is 12.8. The topological polar surface area (TPSA) is 68.5 Å². The first-order chi connectivity index (χ1) is 9.53. The molecule has 2 heterocycles. The molecular weight excluding hydrogens is 254 g/mol. The Morgan fingerprint density at radius 2 is 2.20 bits per heavy atom. The number of nitrogens with two attached hydrogens (primary N) is 1. The Balaban J connectivity index is 2.13. The summed E-state index contributed by atoms with van der Waals surface area (Å²) in [7, 11) is 0. The van der Waals surface area contributed by atoms with Crippen molar-refractivity contribution in [2.45, 2.75) is 44.8 Å². The largest absolute Gasteiger partial charge is 0.381 e. The molecule has 0 spiro atoms. The summed E-state index contributed by atoms with van der Waals surface area (Å²) in [6.07, 6.45) is 4.69. The second kappa shape index (κ2) is 6.33. The van der Waals surface area contributed by atoms with Crippen LogP contribution in [0.5, 0.6) is 0 Å². The van der Waals surface area contributed by atoms with Gasteiger partial charge >= 0.3 is 0 Å². The van der Waals surface area contributed by atoms with Crippen LogP contribution in [0.4, 0.5) is 0 Å². The molecule has 0 bridgehead atoms. The van der Waals surface area contributed by atoms with Gasteiger partial charge in [0.1, 0.15) is 0 Å². The van der Waals surface area contributed by atoms with Gasteiger partial charge in [-0.25, -0.2) is 0 Å². The predicted molar refractivity (Wildman–Crippen MR) is 76.9 cm³/mol. The van der Waals surface area contributed by atoms with E-state index in [0.717, 1.165) is 5.56 Å². The highest BCUT2D eigenvalue weighted by Gasteiger charge is 2.39. The third-order valence-corrected chi connectivity index (χ3v) is 3.77. The molecule has 20 heavy (non-hydrogen) atoms. The lowest BCUT2D eigenvalue weighted by Crippen LogP contribution is -2.59. The zero-order chi connectivity index (χ0) is 14.6. The van der Waals surface area contributed by atoms with E-state index in [0.29, 0.717) is 32.6 Å². The molecule has 110 valence electrons. The number of amides is 1. The Morgan fingerprint density at radius 3 is 2.75 bits per heavy atom. The van der Waals surface area contributed by atoms with Crippen LogP contribution in [0.2, 0.25) is 0 Å². The van der Waals surface area contributed by atoms with Gasteiger partial charge in [0.05, 0.1) is 5.54 Å². The van der Waals surface area contributed by atoms with Gasteiger partial charge in [-0.2, -0.15) is 0 Å². The molecule has 1 aromatic rings. The first-order valence-electron chi connectivity index (χ1n) is 7.09. The van der Waals surface area contributed by atoms with E-state index in [4.69, 9.17) is 10.5 Å². The quantitative estimate of drug-likeness (QED) is 0.901. The summed E-state index contributed by atoms with van der Waals surface area (Å²) in [5.41, 5.74) is 6.54. The summed E-state index contributed by atoms with van der Waals surface area (Å²) in [5.74, 6) is 0.0136. The number of ether oxygens (including phenoxy) is 1. The average molecular weight is 277 g/mol. The fourth-order valence-corrected chi connectivity index (χ4v) is 2.41. The van der Waals surface area contributed by atoms with Gasteiger partial charge in [-0.1, -0.05) is 6.07 Å². The Kier molecular flexibility index (Phi) is 4.73. The molecule has 5 heteroatoms. The second-order valence-electron chi connectivity index (χ2n) is 5.66. The van der Waals surface area contributed by atoms with Crippen LogP contribution in [0.1, 0.15) is 32.3 Å². The molecular formula is C15H23N3O2. The minimum atomic E-state index is -0.787. The Hall–Kier alpha value is -1.46.